The first-order valence-electron chi connectivity index (χ1n) is 8.00. The fourth-order valence-corrected chi connectivity index (χ4v) is 4.93. The molecule has 2 heterocycles. The number of benzene rings is 1. The Kier molecular flexibility index (Phi) is 4.56. The van der Waals surface area contributed by atoms with Crippen molar-refractivity contribution in [2.24, 2.45) is 0 Å². The second-order valence-corrected chi connectivity index (χ2v) is 7.98. The molecule has 0 N–H and O–H groups in total. The molecule has 0 aliphatic carbocycles. The number of amides is 1. The number of sulfonamides is 1. The van der Waals surface area contributed by atoms with Crippen molar-refractivity contribution >= 4 is 26.7 Å². The van der Waals surface area contributed by atoms with Crippen molar-refractivity contribution < 1.29 is 13.2 Å². The largest absolute Gasteiger partial charge is 0.342 e. The van der Waals surface area contributed by atoms with E-state index in [9.17, 15) is 13.2 Å². The predicted octanol–water partition coefficient (Wildman–Crippen LogP) is 1.79. The van der Waals surface area contributed by atoms with Crippen molar-refractivity contribution in [3.8, 4) is 0 Å². The van der Waals surface area contributed by atoms with Gasteiger partial charge in [0.15, 0.2) is 0 Å². The number of aryl methyl sites for hydroxylation is 1. The van der Waals surface area contributed by atoms with Gasteiger partial charge in [0, 0.05) is 56.3 Å². The number of pyridine rings is 1. The van der Waals surface area contributed by atoms with E-state index in [1.165, 1.54) is 11.2 Å². The van der Waals surface area contributed by atoms with Crippen LogP contribution in [-0.2, 0) is 14.8 Å². The minimum atomic E-state index is -3.62. The third-order valence-corrected chi connectivity index (χ3v) is 6.39. The third-order valence-electron chi connectivity index (χ3n) is 4.45. The molecule has 24 heavy (non-hydrogen) atoms. The highest BCUT2D eigenvalue weighted by molar-refractivity contribution is 7.89. The summed E-state index contributed by atoms with van der Waals surface area (Å²) >= 11 is 0. The summed E-state index contributed by atoms with van der Waals surface area (Å²) in [6.45, 7) is 5.16. The standard InChI is InChI=1S/C17H21N3O3S/c1-13-11-18-12-15-5-3-6-16(17(13)15)24(22,23)20-8-4-7-19(9-10-20)14(2)21/h3,5-6,11-12H,4,7-10H2,1-2H3. The Labute approximate surface area is 142 Å². The third kappa shape index (κ3) is 3.01. The van der Waals surface area contributed by atoms with E-state index in [4.69, 9.17) is 0 Å². The quantitative estimate of drug-likeness (QED) is 0.830. The molecule has 0 spiro atoms. The van der Waals surface area contributed by atoms with E-state index in [-0.39, 0.29) is 5.91 Å². The Balaban J connectivity index is 2.01. The molecule has 0 saturated carbocycles. The van der Waals surface area contributed by atoms with E-state index >= 15 is 0 Å². The molecular weight excluding hydrogens is 326 g/mol. The van der Waals surface area contributed by atoms with Crippen LogP contribution in [0.5, 0.6) is 0 Å². The van der Waals surface area contributed by atoms with Crippen LogP contribution in [0.15, 0.2) is 35.5 Å². The average molecular weight is 347 g/mol. The minimum absolute atomic E-state index is 0.0127. The summed E-state index contributed by atoms with van der Waals surface area (Å²) in [6.07, 6.45) is 4.01. The number of hydrogen-bond acceptors (Lipinski definition) is 4. The van der Waals surface area contributed by atoms with Crippen LogP contribution in [-0.4, -0.2) is 54.7 Å². The van der Waals surface area contributed by atoms with Crippen molar-refractivity contribution in [1.82, 2.24) is 14.2 Å². The Bertz CT molecular complexity index is 875. The number of fused-ring (bicyclic) bond motifs is 1. The number of hydrogen-bond donors (Lipinski definition) is 0. The van der Waals surface area contributed by atoms with Crippen LogP contribution in [0, 0.1) is 6.92 Å². The van der Waals surface area contributed by atoms with Gasteiger partial charge in [-0.15, -0.1) is 0 Å². The molecule has 6 nitrogen and oxygen atoms in total. The molecule has 0 radical (unpaired) electrons. The maximum atomic E-state index is 13.2. The Morgan fingerprint density at radius 3 is 2.67 bits per heavy atom. The van der Waals surface area contributed by atoms with Crippen molar-refractivity contribution in [2.75, 3.05) is 26.2 Å². The summed E-state index contributed by atoms with van der Waals surface area (Å²) in [5, 5.41) is 1.54. The van der Waals surface area contributed by atoms with Gasteiger partial charge in [0.05, 0.1) is 4.90 Å². The summed E-state index contributed by atoms with van der Waals surface area (Å²) in [5.74, 6) is -0.0127. The van der Waals surface area contributed by atoms with Gasteiger partial charge >= 0.3 is 0 Å². The maximum Gasteiger partial charge on any atom is 0.243 e. The lowest BCUT2D eigenvalue weighted by atomic mass is 10.1. The molecule has 1 amide bonds. The van der Waals surface area contributed by atoms with Crippen LogP contribution in [0.1, 0.15) is 18.9 Å². The molecule has 0 bridgehead atoms. The molecule has 0 atom stereocenters. The molecule has 0 unspecified atom stereocenters. The van der Waals surface area contributed by atoms with E-state index in [2.05, 4.69) is 4.98 Å². The topological polar surface area (TPSA) is 70.6 Å². The highest BCUT2D eigenvalue weighted by Gasteiger charge is 2.29. The number of carbonyl (C=O) groups is 1. The highest BCUT2D eigenvalue weighted by atomic mass is 32.2. The van der Waals surface area contributed by atoms with Gasteiger partial charge in [-0.2, -0.15) is 4.31 Å². The zero-order valence-electron chi connectivity index (χ0n) is 13.9. The fourth-order valence-electron chi connectivity index (χ4n) is 3.17. The van der Waals surface area contributed by atoms with Crippen LogP contribution in [0.25, 0.3) is 10.8 Å². The summed E-state index contributed by atoms with van der Waals surface area (Å²) < 4.78 is 27.9. The maximum absolute atomic E-state index is 13.2. The van der Waals surface area contributed by atoms with Gasteiger partial charge in [-0.25, -0.2) is 8.42 Å². The lowest BCUT2D eigenvalue weighted by Crippen LogP contribution is -2.36. The van der Waals surface area contributed by atoms with E-state index < -0.39 is 10.0 Å². The first-order chi connectivity index (χ1) is 11.4. The summed E-state index contributed by atoms with van der Waals surface area (Å²) in [4.78, 5) is 17.7. The predicted molar refractivity (Wildman–Crippen MR) is 92.1 cm³/mol. The first-order valence-corrected chi connectivity index (χ1v) is 9.44. The molecule has 1 aromatic carbocycles. The second kappa shape index (κ2) is 6.49. The number of carbonyl (C=O) groups excluding carboxylic acids is 1. The lowest BCUT2D eigenvalue weighted by Gasteiger charge is -2.22. The van der Waals surface area contributed by atoms with Crippen molar-refractivity contribution in [1.29, 1.82) is 0 Å². The molecule has 1 fully saturated rings. The summed E-state index contributed by atoms with van der Waals surface area (Å²) in [6, 6.07) is 5.27. The zero-order chi connectivity index (χ0) is 17.3. The highest BCUT2D eigenvalue weighted by Crippen LogP contribution is 2.28. The summed E-state index contributed by atoms with van der Waals surface area (Å²) in [5.41, 5.74) is 0.840. The van der Waals surface area contributed by atoms with Gasteiger partial charge in [0.25, 0.3) is 0 Å². The van der Waals surface area contributed by atoms with Crippen molar-refractivity contribution in [3.63, 3.8) is 0 Å². The van der Waals surface area contributed by atoms with Gasteiger partial charge in [-0.3, -0.25) is 9.78 Å². The molecule has 1 aliphatic rings. The Hall–Kier alpha value is -1.99. The van der Waals surface area contributed by atoms with Gasteiger partial charge in [0.1, 0.15) is 0 Å². The molecule has 128 valence electrons. The number of aromatic nitrogens is 1. The monoisotopic (exact) mass is 347 g/mol. The molecule has 1 saturated heterocycles. The van der Waals surface area contributed by atoms with Gasteiger partial charge in [-0.1, -0.05) is 12.1 Å². The number of rotatable bonds is 2. The Morgan fingerprint density at radius 2 is 1.92 bits per heavy atom. The van der Waals surface area contributed by atoms with E-state index in [1.54, 1.807) is 29.4 Å². The normalized spacial score (nSPS) is 17.0. The summed E-state index contributed by atoms with van der Waals surface area (Å²) in [7, 11) is -3.62. The average Bonchev–Trinajstić information content (AvgIpc) is 2.81. The van der Waals surface area contributed by atoms with E-state index in [0.717, 1.165) is 16.3 Å². The van der Waals surface area contributed by atoms with Crippen molar-refractivity contribution in [3.05, 3.63) is 36.2 Å². The van der Waals surface area contributed by atoms with Gasteiger partial charge in [0.2, 0.25) is 15.9 Å². The molecule has 1 aliphatic heterocycles. The fraction of sp³-hybridized carbons (Fsp3) is 0.412. The van der Waals surface area contributed by atoms with E-state index in [1.807, 2.05) is 13.0 Å². The van der Waals surface area contributed by atoms with Crippen molar-refractivity contribution in [2.45, 2.75) is 25.2 Å². The molecular formula is C17H21N3O3S. The van der Waals surface area contributed by atoms with Gasteiger partial charge < -0.3 is 4.90 Å². The second-order valence-electron chi connectivity index (χ2n) is 6.07. The minimum Gasteiger partial charge on any atom is -0.342 e. The van der Waals surface area contributed by atoms with Crippen LogP contribution in [0.2, 0.25) is 0 Å². The van der Waals surface area contributed by atoms with Crippen LogP contribution >= 0.6 is 0 Å². The van der Waals surface area contributed by atoms with Crippen LogP contribution in [0.3, 0.4) is 0 Å². The molecule has 7 heteroatoms. The first kappa shape index (κ1) is 16.9. The smallest absolute Gasteiger partial charge is 0.243 e. The van der Waals surface area contributed by atoms with Crippen LogP contribution < -0.4 is 0 Å². The van der Waals surface area contributed by atoms with E-state index in [0.29, 0.717) is 37.5 Å². The molecule has 2 aromatic rings. The molecule has 1 aromatic heterocycles. The lowest BCUT2D eigenvalue weighted by molar-refractivity contribution is -0.128. The zero-order valence-corrected chi connectivity index (χ0v) is 14.7. The SMILES string of the molecule is CC(=O)N1CCCN(S(=O)(=O)c2cccc3cncc(C)c23)CC1. The Morgan fingerprint density at radius 1 is 1.12 bits per heavy atom. The van der Waals surface area contributed by atoms with Gasteiger partial charge in [-0.05, 0) is 25.0 Å². The van der Waals surface area contributed by atoms with Crippen LogP contribution in [0.4, 0.5) is 0 Å². The molecule has 3 rings (SSSR count). The number of nitrogens with zero attached hydrogens (tertiary/aromatic N) is 3.